The molecule has 0 saturated heterocycles. The summed E-state index contributed by atoms with van der Waals surface area (Å²) in [4.78, 5) is 0. The van der Waals surface area contributed by atoms with Crippen molar-refractivity contribution >= 4 is 38.6 Å². The van der Waals surface area contributed by atoms with Gasteiger partial charge in [-0.15, -0.1) is 11.3 Å². The summed E-state index contributed by atoms with van der Waals surface area (Å²) in [5.41, 5.74) is 6.79. The van der Waals surface area contributed by atoms with E-state index in [-0.39, 0.29) is 10.3 Å². The monoisotopic (exact) mass is 316 g/mol. The Morgan fingerprint density at radius 1 is 1.37 bits per heavy atom. The van der Waals surface area contributed by atoms with E-state index in [4.69, 9.17) is 17.3 Å². The number of nitrogens with two attached hydrogens (primary N) is 1. The van der Waals surface area contributed by atoms with Gasteiger partial charge in [0.2, 0.25) is 0 Å². The summed E-state index contributed by atoms with van der Waals surface area (Å²) in [5.74, 6) is 0. The quantitative estimate of drug-likeness (QED) is 0.910. The highest BCUT2D eigenvalue weighted by molar-refractivity contribution is 7.91. The van der Waals surface area contributed by atoms with Gasteiger partial charge >= 0.3 is 0 Å². The highest BCUT2D eigenvalue weighted by Gasteiger charge is 2.20. The number of halogens is 1. The Bertz CT molecular complexity index is 683. The summed E-state index contributed by atoms with van der Waals surface area (Å²) in [5, 5.41) is 2.17. The molecule has 1 aromatic carbocycles. The molecule has 1 heterocycles. The minimum Gasteiger partial charge on any atom is -0.398 e. The van der Waals surface area contributed by atoms with Crippen molar-refractivity contribution in [2.45, 2.75) is 17.2 Å². The molecule has 2 rings (SSSR count). The van der Waals surface area contributed by atoms with Gasteiger partial charge in [0.15, 0.2) is 0 Å². The van der Waals surface area contributed by atoms with Gasteiger partial charge in [-0.25, -0.2) is 13.1 Å². The second-order valence-electron chi connectivity index (χ2n) is 4.10. The van der Waals surface area contributed by atoms with Crippen molar-refractivity contribution in [2.24, 2.45) is 0 Å². The summed E-state index contributed by atoms with van der Waals surface area (Å²) in [6.45, 7) is 1.76. The predicted octanol–water partition coefficient (Wildman–Crippen LogP) is 3.02. The summed E-state index contributed by atoms with van der Waals surface area (Å²) >= 11 is 6.98. The fourth-order valence-electron chi connectivity index (χ4n) is 1.61. The van der Waals surface area contributed by atoms with Gasteiger partial charge in [0.25, 0.3) is 10.0 Å². The van der Waals surface area contributed by atoms with E-state index < -0.39 is 10.0 Å². The van der Waals surface area contributed by atoms with E-state index in [0.29, 0.717) is 10.7 Å². The maximum atomic E-state index is 12.1. The van der Waals surface area contributed by atoms with E-state index in [1.807, 2.05) is 6.07 Å². The third-order valence-corrected chi connectivity index (χ3v) is 5.77. The van der Waals surface area contributed by atoms with Crippen LogP contribution >= 0.6 is 22.9 Å². The molecule has 0 saturated carbocycles. The van der Waals surface area contributed by atoms with Gasteiger partial charge in [-0.1, -0.05) is 23.7 Å². The average molecular weight is 317 g/mol. The van der Waals surface area contributed by atoms with E-state index in [1.165, 1.54) is 6.07 Å². The zero-order chi connectivity index (χ0) is 14.0. The predicted molar refractivity (Wildman–Crippen MR) is 78.9 cm³/mol. The number of rotatable bonds is 4. The molecule has 0 fully saturated rings. The molecule has 0 radical (unpaired) electrons. The van der Waals surface area contributed by atoms with Gasteiger partial charge in [0.05, 0.1) is 0 Å². The van der Waals surface area contributed by atoms with Gasteiger partial charge in [-0.2, -0.15) is 0 Å². The average Bonchev–Trinajstić information content (AvgIpc) is 2.76. The maximum Gasteiger partial charge on any atom is 0.250 e. The molecular weight excluding hydrogens is 304 g/mol. The van der Waals surface area contributed by atoms with Crippen molar-refractivity contribution in [1.29, 1.82) is 0 Å². The lowest BCUT2D eigenvalue weighted by Crippen LogP contribution is -2.26. The fraction of sp³-hybridized carbons (Fsp3) is 0.167. The Balaban J connectivity index is 2.21. The third-order valence-electron chi connectivity index (χ3n) is 2.54. The molecular formula is C12H13ClN2O2S2. The molecule has 1 aromatic heterocycles. The third kappa shape index (κ3) is 3.48. The van der Waals surface area contributed by atoms with Gasteiger partial charge < -0.3 is 5.73 Å². The van der Waals surface area contributed by atoms with Crippen LogP contribution in [0.1, 0.15) is 18.5 Å². The van der Waals surface area contributed by atoms with Crippen LogP contribution in [0.5, 0.6) is 0 Å². The number of nitrogen functional groups attached to an aromatic ring is 1. The van der Waals surface area contributed by atoms with Crippen LogP contribution < -0.4 is 10.5 Å². The van der Waals surface area contributed by atoms with E-state index in [9.17, 15) is 8.42 Å². The summed E-state index contributed by atoms with van der Waals surface area (Å²) in [6, 6.07) is 8.15. The highest BCUT2D eigenvalue weighted by atomic mass is 35.5. The van der Waals surface area contributed by atoms with Crippen molar-refractivity contribution in [2.75, 3.05) is 5.73 Å². The van der Waals surface area contributed by atoms with Crippen molar-refractivity contribution < 1.29 is 8.42 Å². The molecule has 0 aliphatic carbocycles. The Kier molecular flexibility index (Phi) is 4.15. The summed E-state index contributed by atoms with van der Waals surface area (Å²) in [7, 11) is -3.55. The normalized spacial score (nSPS) is 13.4. The number of benzene rings is 1. The summed E-state index contributed by atoms with van der Waals surface area (Å²) in [6.07, 6.45) is 0. The zero-order valence-electron chi connectivity index (χ0n) is 10.1. The zero-order valence-corrected chi connectivity index (χ0v) is 12.5. The molecule has 19 heavy (non-hydrogen) atoms. The molecule has 0 bridgehead atoms. The standard InChI is InChI=1S/C12H13ClN2O2S2/c1-8(9-3-2-4-10(13)5-9)15-19(16,17)12-6-11(14)7-18-12/h2-8,15H,14H2,1H3. The Morgan fingerprint density at radius 3 is 2.68 bits per heavy atom. The van der Waals surface area contributed by atoms with Gasteiger partial charge in [0, 0.05) is 22.1 Å². The first-order chi connectivity index (χ1) is 8.88. The van der Waals surface area contributed by atoms with Crippen LogP contribution in [0.15, 0.2) is 39.9 Å². The molecule has 102 valence electrons. The largest absolute Gasteiger partial charge is 0.398 e. The van der Waals surface area contributed by atoms with E-state index in [1.54, 1.807) is 30.5 Å². The van der Waals surface area contributed by atoms with Crippen LogP contribution in [0.3, 0.4) is 0 Å². The van der Waals surface area contributed by atoms with E-state index >= 15 is 0 Å². The van der Waals surface area contributed by atoms with Crippen LogP contribution in [-0.2, 0) is 10.0 Å². The maximum absolute atomic E-state index is 12.1. The number of hydrogen-bond donors (Lipinski definition) is 2. The molecule has 1 unspecified atom stereocenters. The van der Waals surface area contributed by atoms with Crippen LogP contribution in [0, 0.1) is 0 Å². The first-order valence-corrected chi connectivity index (χ1v) is 8.24. The van der Waals surface area contributed by atoms with Crippen molar-refractivity contribution in [3.8, 4) is 0 Å². The topological polar surface area (TPSA) is 72.2 Å². The lowest BCUT2D eigenvalue weighted by Gasteiger charge is -2.14. The summed E-state index contributed by atoms with van der Waals surface area (Å²) < 4.78 is 27.1. The first kappa shape index (κ1) is 14.3. The molecule has 0 aliphatic heterocycles. The highest BCUT2D eigenvalue weighted by Crippen LogP contribution is 2.24. The lowest BCUT2D eigenvalue weighted by atomic mass is 10.1. The molecule has 0 aliphatic rings. The number of nitrogens with one attached hydrogen (secondary N) is 1. The number of sulfonamides is 1. The second kappa shape index (κ2) is 5.50. The molecule has 0 spiro atoms. The second-order valence-corrected chi connectivity index (χ2v) is 7.39. The molecule has 3 N–H and O–H groups in total. The van der Waals surface area contributed by atoms with Crippen molar-refractivity contribution in [1.82, 2.24) is 4.72 Å². The molecule has 2 aromatic rings. The van der Waals surface area contributed by atoms with Crippen molar-refractivity contribution in [3.63, 3.8) is 0 Å². The minimum atomic E-state index is -3.55. The molecule has 7 heteroatoms. The van der Waals surface area contributed by atoms with Gasteiger partial charge in [-0.3, -0.25) is 0 Å². The molecule has 0 amide bonds. The Hall–Kier alpha value is -1.08. The van der Waals surface area contributed by atoms with Crippen LogP contribution in [-0.4, -0.2) is 8.42 Å². The minimum absolute atomic E-state index is 0.207. The fourth-order valence-corrected chi connectivity index (χ4v) is 4.13. The Morgan fingerprint density at radius 2 is 2.11 bits per heavy atom. The molecule has 1 atom stereocenters. The smallest absolute Gasteiger partial charge is 0.250 e. The van der Waals surface area contributed by atoms with Gasteiger partial charge in [-0.05, 0) is 30.7 Å². The SMILES string of the molecule is CC(NS(=O)(=O)c1cc(N)cs1)c1cccc(Cl)c1. The van der Waals surface area contributed by atoms with Crippen LogP contribution in [0.4, 0.5) is 5.69 Å². The lowest BCUT2D eigenvalue weighted by molar-refractivity contribution is 0.569. The van der Waals surface area contributed by atoms with Crippen molar-refractivity contribution in [3.05, 3.63) is 46.3 Å². The van der Waals surface area contributed by atoms with Gasteiger partial charge in [0.1, 0.15) is 4.21 Å². The van der Waals surface area contributed by atoms with Crippen LogP contribution in [0.2, 0.25) is 5.02 Å². The number of anilines is 1. The molecule has 4 nitrogen and oxygen atoms in total. The van der Waals surface area contributed by atoms with Crippen LogP contribution in [0.25, 0.3) is 0 Å². The van der Waals surface area contributed by atoms with E-state index in [2.05, 4.69) is 4.72 Å². The first-order valence-electron chi connectivity index (χ1n) is 5.50. The van der Waals surface area contributed by atoms with E-state index in [0.717, 1.165) is 16.9 Å². The number of thiophene rings is 1. The number of hydrogen-bond acceptors (Lipinski definition) is 4. The Labute approximate surface area is 121 Å².